The number of rotatable bonds is 3. The van der Waals surface area contributed by atoms with Gasteiger partial charge >= 0.3 is 5.97 Å². The number of fused-ring (bicyclic) bond motifs is 1. The molecule has 0 atom stereocenters. The number of nitrogens with one attached hydrogen (secondary N) is 1. The van der Waals surface area contributed by atoms with E-state index in [0.29, 0.717) is 12.8 Å². The Morgan fingerprint density at radius 1 is 1.45 bits per heavy atom. The third-order valence-electron chi connectivity index (χ3n) is 4.10. The Hall–Kier alpha value is -2.75. The molecule has 1 aliphatic rings. The number of aromatic amines is 1. The lowest BCUT2D eigenvalue weighted by atomic mass is 9.90. The summed E-state index contributed by atoms with van der Waals surface area (Å²) in [5, 5.41) is 17.4. The van der Waals surface area contributed by atoms with E-state index in [0.717, 1.165) is 12.3 Å². The van der Waals surface area contributed by atoms with Crippen molar-refractivity contribution in [3.63, 3.8) is 0 Å². The number of pyridine rings is 1. The first kappa shape index (κ1) is 14.2. The lowest BCUT2D eigenvalue weighted by molar-refractivity contribution is 0.0695. The maximum absolute atomic E-state index is 14.6. The summed E-state index contributed by atoms with van der Waals surface area (Å²) < 4.78 is 28.9. The molecule has 1 aliphatic carbocycles. The van der Waals surface area contributed by atoms with E-state index < -0.39 is 34.0 Å². The summed E-state index contributed by atoms with van der Waals surface area (Å²) in [6.07, 6.45) is 1.88. The molecule has 1 aromatic carbocycles. The molecule has 0 saturated heterocycles. The van der Waals surface area contributed by atoms with E-state index in [1.54, 1.807) is 0 Å². The van der Waals surface area contributed by atoms with Gasteiger partial charge in [-0.1, -0.05) is 0 Å². The molecule has 0 amide bonds. The zero-order chi connectivity index (χ0) is 16.1. The van der Waals surface area contributed by atoms with Gasteiger partial charge in [0.15, 0.2) is 5.82 Å². The van der Waals surface area contributed by atoms with Crippen LogP contribution in [0.2, 0.25) is 0 Å². The van der Waals surface area contributed by atoms with Gasteiger partial charge in [-0.3, -0.25) is 4.79 Å². The molecule has 1 saturated carbocycles. The van der Waals surface area contributed by atoms with Crippen LogP contribution in [0.25, 0.3) is 10.9 Å². The number of nitriles is 1. The number of nitrogens with zero attached hydrogens (tertiary/aromatic N) is 1. The molecule has 2 aromatic rings. The highest BCUT2D eigenvalue weighted by Gasteiger charge is 2.48. The molecule has 2 N–H and O–H groups in total. The highest BCUT2D eigenvalue weighted by atomic mass is 19.1. The van der Waals surface area contributed by atoms with E-state index in [1.165, 1.54) is 0 Å². The molecule has 0 spiro atoms. The number of carboxylic acids is 1. The number of aromatic nitrogens is 1. The molecule has 0 bridgehead atoms. The number of benzene rings is 1. The van der Waals surface area contributed by atoms with E-state index in [4.69, 9.17) is 10.4 Å². The van der Waals surface area contributed by atoms with Gasteiger partial charge in [-0.05, 0) is 18.9 Å². The smallest absolute Gasteiger partial charge is 0.341 e. The predicted octanol–water partition coefficient (Wildman–Crippen LogP) is 2.45. The van der Waals surface area contributed by atoms with E-state index in [-0.39, 0.29) is 22.9 Å². The van der Waals surface area contributed by atoms with Crippen LogP contribution in [0, 0.1) is 23.0 Å². The summed E-state index contributed by atoms with van der Waals surface area (Å²) >= 11 is 0. The van der Waals surface area contributed by atoms with Crippen LogP contribution in [0.4, 0.5) is 8.78 Å². The highest BCUT2D eigenvalue weighted by molar-refractivity contribution is 5.92. The summed E-state index contributed by atoms with van der Waals surface area (Å²) in [4.78, 5) is 25.3. The van der Waals surface area contributed by atoms with Gasteiger partial charge in [-0.15, -0.1) is 0 Å². The summed E-state index contributed by atoms with van der Waals surface area (Å²) in [6, 6.07) is 2.77. The molecule has 22 heavy (non-hydrogen) atoms. The van der Waals surface area contributed by atoms with Crippen molar-refractivity contribution < 1.29 is 18.7 Å². The van der Waals surface area contributed by atoms with Crippen molar-refractivity contribution in [2.75, 3.05) is 0 Å². The minimum absolute atomic E-state index is 0.0101. The Bertz CT molecular complexity index is 908. The molecule has 0 radical (unpaired) electrons. The van der Waals surface area contributed by atoms with Gasteiger partial charge in [0, 0.05) is 23.6 Å². The average Bonchev–Trinajstić information content (AvgIpc) is 3.20. The van der Waals surface area contributed by atoms with Gasteiger partial charge in [0.05, 0.1) is 17.0 Å². The molecule has 7 heteroatoms. The van der Waals surface area contributed by atoms with Gasteiger partial charge in [0.1, 0.15) is 11.4 Å². The second kappa shape index (κ2) is 4.63. The average molecular weight is 304 g/mol. The fourth-order valence-corrected chi connectivity index (χ4v) is 2.76. The quantitative estimate of drug-likeness (QED) is 0.910. The second-order valence-corrected chi connectivity index (χ2v) is 5.42. The van der Waals surface area contributed by atoms with E-state index in [2.05, 4.69) is 4.98 Å². The Kier molecular flexibility index (Phi) is 2.99. The Labute approximate surface area is 122 Å². The Balaban J connectivity index is 2.33. The molecule has 112 valence electrons. The number of carboxylic acid groups (broad SMARTS) is 1. The maximum atomic E-state index is 14.6. The molecule has 1 fully saturated rings. The summed E-state index contributed by atoms with van der Waals surface area (Å²) in [7, 11) is 0. The lowest BCUT2D eigenvalue weighted by Gasteiger charge is -2.15. The normalized spacial score (nSPS) is 15.5. The minimum atomic E-state index is -1.48. The summed E-state index contributed by atoms with van der Waals surface area (Å²) in [5.41, 5.74) is -2.83. The molecule has 0 unspecified atom stereocenters. The largest absolute Gasteiger partial charge is 0.477 e. The van der Waals surface area contributed by atoms with Gasteiger partial charge in [-0.2, -0.15) is 5.26 Å². The number of aromatic carboxylic acids is 1. The van der Waals surface area contributed by atoms with Gasteiger partial charge in [-0.25, -0.2) is 13.6 Å². The fourth-order valence-electron chi connectivity index (χ4n) is 2.76. The number of carbonyl (C=O) groups is 1. The Morgan fingerprint density at radius 3 is 2.68 bits per heavy atom. The molecular weight excluding hydrogens is 294 g/mol. The predicted molar refractivity (Wildman–Crippen MR) is 72.6 cm³/mol. The van der Waals surface area contributed by atoms with Crippen molar-refractivity contribution >= 4 is 16.9 Å². The van der Waals surface area contributed by atoms with Crippen LogP contribution < -0.4 is 5.43 Å². The van der Waals surface area contributed by atoms with Crippen LogP contribution in [0.15, 0.2) is 17.1 Å². The van der Waals surface area contributed by atoms with Crippen LogP contribution >= 0.6 is 0 Å². The first-order chi connectivity index (χ1) is 10.4. The van der Waals surface area contributed by atoms with Crippen molar-refractivity contribution in [3.05, 3.63) is 45.2 Å². The first-order valence-electron chi connectivity index (χ1n) is 6.55. The molecular formula is C15H10F2N2O3. The third kappa shape index (κ3) is 1.88. The van der Waals surface area contributed by atoms with Gasteiger partial charge < -0.3 is 10.1 Å². The van der Waals surface area contributed by atoms with Gasteiger partial charge in [0.2, 0.25) is 5.43 Å². The number of hydrogen-bond acceptors (Lipinski definition) is 3. The number of halogens is 2. The second-order valence-electron chi connectivity index (χ2n) is 5.42. The Morgan fingerprint density at radius 2 is 2.14 bits per heavy atom. The van der Waals surface area contributed by atoms with E-state index in [1.807, 2.05) is 6.07 Å². The van der Waals surface area contributed by atoms with Crippen molar-refractivity contribution in [2.45, 2.75) is 24.7 Å². The van der Waals surface area contributed by atoms with Crippen molar-refractivity contribution in [1.29, 1.82) is 5.26 Å². The van der Waals surface area contributed by atoms with Crippen LogP contribution in [-0.4, -0.2) is 16.1 Å². The van der Waals surface area contributed by atoms with Crippen molar-refractivity contribution in [2.24, 2.45) is 0 Å². The van der Waals surface area contributed by atoms with E-state index in [9.17, 15) is 18.4 Å². The number of hydrogen-bond donors (Lipinski definition) is 2. The zero-order valence-corrected chi connectivity index (χ0v) is 11.2. The van der Waals surface area contributed by atoms with Crippen LogP contribution in [0.5, 0.6) is 0 Å². The summed E-state index contributed by atoms with van der Waals surface area (Å²) in [5.74, 6) is -3.33. The van der Waals surface area contributed by atoms with E-state index >= 15 is 0 Å². The van der Waals surface area contributed by atoms with Crippen LogP contribution in [0.3, 0.4) is 0 Å². The molecule has 1 aromatic heterocycles. The topological polar surface area (TPSA) is 93.9 Å². The monoisotopic (exact) mass is 304 g/mol. The molecule has 0 aliphatic heterocycles. The van der Waals surface area contributed by atoms with Crippen LogP contribution in [0.1, 0.15) is 35.2 Å². The van der Waals surface area contributed by atoms with Crippen molar-refractivity contribution in [3.8, 4) is 6.07 Å². The maximum Gasteiger partial charge on any atom is 0.341 e. The van der Waals surface area contributed by atoms with Gasteiger partial charge in [0.25, 0.3) is 0 Å². The van der Waals surface area contributed by atoms with Crippen LogP contribution in [-0.2, 0) is 5.41 Å². The fraction of sp³-hybridized carbons (Fsp3) is 0.267. The zero-order valence-electron chi connectivity index (χ0n) is 11.2. The SMILES string of the molecule is N#CCC1(c2c(F)cc3c(=O)c(C(=O)O)c[nH]c3c2F)CC1. The third-order valence-corrected chi connectivity index (χ3v) is 4.10. The first-order valence-corrected chi connectivity index (χ1v) is 6.55. The lowest BCUT2D eigenvalue weighted by Crippen LogP contribution is -2.18. The highest BCUT2D eigenvalue weighted by Crippen LogP contribution is 2.53. The van der Waals surface area contributed by atoms with Crippen molar-refractivity contribution in [1.82, 2.24) is 4.98 Å². The molecule has 1 heterocycles. The standard InChI is InChI=1S/C15H10F2N2O3/c16-9-5-7-12(19-6-8(13(7)20)14(21)22)11(17)10(9)15(1-2-15)3-4-18/h5-6H,1-3H2,(H,19,20)(H,21,22). The minimum Gasteiger partial charge on any atom is -0.477 e. The number of H-pyrrole nitrogens is 1. The summed E-state index contributed by atoms with van der Waals surface area (Å²) in [6.45, 7) is 0. The molecule has 5 nitrogen and oxygen atoms in total. The molecule has 3 rings (SSSR count).